The number of pyridine rings is 2. The summed E-state index contributed by atoms with van der Waals surface area (Å²) in [6.45, 7) is 3.80. The van der Waals surface area contributed by atoms with E-state index in [4.69, 9.17) is 9.51 Å². The van der Waals surface area contributed by atoms with Gasteiger partial charge >= 0.3 is 0 Å². The number of benzene rings is 2. The van der Waals surface area contributed by atoms with Crippen LogP contribution in [-0.4, -0.2) is 57.0 Å². The van der Waals surface area contributed by atoms with Gasteiger partial charge in [-0.1, -0.05) is 59.8 Å². The number of hydrogen-bond donors (Lipinski definition) is 0. The molecule has 1 aliphatic carbocycles. The second kappa shape index (κ2) is 9.09. The molecule has 0 radical (unpaired) electrons. The first-order valence-electron chi connectivity index (χ1n) is 12.9. The van der Waals surface area contributed by atoms with Crippen LogP contribution in [0.3, 0.4) is 0 Å². The molecule has 0 unspecified atom stereocenters. The highest BCUT2D eigenvalue weighted by molar-refractivity contribution is 6.09. The van der Waals surface area contributed by atoms with Crippen molar-refractivity contribution in [1.82, 2.24) is 24.9 Å². The standard InChI is InChI=1S/C30H27N5O2/c36-30(35-16-14-34(15-17-35)19-23-9-4-8-21-10-5-13-31-27(21)23)24-18-25(20-11-12-20)32-29-26(24)28(33-37-29)22-6-2-1-3-7-22/h1-10,13,18,20H,11-12,14-17,19H2. The molecule has 4 heterocycles. The van der Waals surface area contributed by atoms with Gasteiger partial charge in [0.25, 0.3) is 11.6 Å². The molecule has 0 N–H and O–H groups in total. The number of para-hydroxylation sites is 1. The molecular weight excluding hydrogens is 462 g/mol. The molecule has 1 amide bonds. The quantitative estimate of drug-likeness (QED) is 0.335. The number of piperazine rings is 1. The van der Waals surface area contributed by atoms with Crippen molar-refractivity contribution in [2.45, 2.75) is 25.3 Å². The lowest BCUT2D eigenvalue weighted by atomic mass is 10.0. The van der Waals surface area contributed by atoms with E-state index in [0.29, 0.717) is 41.4 Å². The Labute approximate surface area is 214 Å². The van der Waals surface area contributed by atoms with Crippen molar-refractivity contribution >= 4 is 27.9 Å². The number of hydrogen-bond acceptors (Lipinski definition) is 6. The maximum absolute atomic E-state index is 13.9. The smallest absolute Gasteiger partial charge is 0.259 e. The molecule has 5 aromatic rings. The third-order valence-corrected chi connectivity index (χ3v) is 7.51. The summed E-state index contributed by atoms with van der Waals surface area (Å²) in [4.78, 5) is 27.6. The molecule has 1 aliphatic heterocycles. The van der Waals surface area contributed by atoms with Crippen LogP contribution in [0.4, 0.5) is 0 Å². The zero-order chi connectivity index (χ0) is 24.8. The Hall–Kier alpha value is -4.10. The van der Waals surface area contributed by atoms with E-state index >= 15 is 0 Å². The predicted octanol–water partition coefficient (Wildman–Crippen LogP) is 5.27. The number of rotatable bonds is 5. The lowest BCUT2D eigenvalue weighted by Crippen LogP contribution is -2.48. The topological polar surface area (TPSA) is 75.4 Å². The summed E-state index contributed by atoms with van der Waals surface area (Å²) in [5.74, 6) is 0.438. The summed E-state index contributed by atoms with van der Waals surface area (Å²) >= 11 is 0. The van der Waals surface area contributed by atoms with E-state index < -0.39 is 0 Å². The molecule has 2 aliphatic rings. The first-order valence-corrected chi connectivity index (χ1v) is 12.9. The zero-order valence-electron chi connectivity index (χ0n) is 20.5. The van der Waals surface area contributed by atoms with Crippen molar-refractivity contribution in [3.05, 3.63) is 89.7 Å². The van der Waals surface area contributed by atoms with Crippen molar-refractivity contribution in [2.24, 2.45) is 0 Å². The number of nitrogens with zero attached hydrogens (tertiary/aromatic N) is 5. The normalized spacial score (nSPS) is 16.5. The number of amides is 1. The highest BCUT2D eigenvalue weighted by atomic mass is 16.5. The minimum Gasteiger partial charge on any atom is -0.336 e. The number of aromatic nitrogens is 3. The van der Waals surface area contributed by atoms with E-state index in [9.17, 15) is 4.79 Å². The SMILES string of the molecule is O=C(c1cc(C2CC2)nc2onc(-c3ccccc3)c12)N1CCN(Cc2cccc3cccnc23)CC1. The fourth-order valence-corrected chi connectivity index (χ4v) is 5.34. The molecule has 7 nitrogen and oxygen atoms in total. The second-order valence-electron chi connectivity index (χ2n) is 10.0. The van der Waals surface area contributed by atoms with E-state index in [1.54, 1.807) is 0 Å². The summed E-state index contributed by atoms with van der Waals surface area (Å²) in [7, 11) is 0. The Morgan fingerprint density at radius 1 is 0.946 bits per heavy atom. The van der Waals surface area contributed by atoms with Crippen LogP contribution in [0, 0.1) is 0 Å². The zero-order valence-corrected chi connectivity index (χ0v) is 20.5. The highest BCUT2D eigenvalue weighted by Crippen LogP contribution is 2.41. The van der Waals surface area contributed by atoms with Gasteiger partial charge in [0.15, 0.2) is 0 Å². The van der Waals surface area contributed by atoms with Gasteiger partial charge in [-0.3, -0.25) is 14.7 Å². The van der Waals surface area contributed by atoms with E-state index in [2.05, 4.69) is 39.3 Å². The van der Waals surface area contributed by atoms with E-state index in [-0.39, 0.29) is 5.91 Å². The van der Waals surface area contributed by atoms with Crippen molar-refractivity contribution in [2.75, 3.05) is 26.2 Å². The average Bonchev–Trinajstić information content (AvgIpc) is 3.72. The van der Waals surface area contributed by atoms with Gasteiger partial charge in [0.2, 0.25) is 0 Å². The summed E-state index contributed by atoms with van der Waals surface area (Å²) in [5, 5.41) is 6.21. The van der Waals surface area contributed by atoms with Gasteiger partial charge in [0.1, 0.15) is 5.69 Å². The minimum atomic E-state index is 0.0289. The highest BCUT2D eigenvalue weighted by Gasteiger charge is 2.31. The summed E-state index contributed by atoms with van der Waals surface area (Å²) < 4.78 is 5.67. The van der Waals surface area contributed by atoms with Gasteiger partial charge in [0.05, 0.1) is 16.5 Å². The van der Waals surface area contributed by atoms with Gasteiger partial charge < -0.3 is 9.42 Å². The molecular formula is C30H27N5O2. The first kappa shape index (κ1) is 22.1. The minimum absolute atomic E-state index is 0.0289. The largest absolute Gasteiger partial charge is 0.336 e. The second-order valence-corrected chi connectivity index (χ2v) is 10.0. The van der Waals surface area contributed by atoms with Gasteiger partial charge in [-0.05, 0) is 30.5 Å². The third kappa shape index (κ3) is 4.15. The van der Waals surface area contributed by atoms with Crippen LogP contribution in [0.15, 0.2) is 77.4 Å². The molecule has 2 aromatic carbocycles. The van der Waals surface area contributed by atoms with Crippen LogP contribution >= 0.6 is 0 Å². The van der Waals surface area contributed by atoms with Crippen molar-refractivity contribution < 1.29 is 9.32 Å². The molecule has 0 atom stereocenters. The van der Waals surface area contributed by atoms with Gasteiger partial charge in [-0.15, -0.1) is 0 Å². The summed E-state index contributed by atoms with van der Waals surface area (Å²) in [5.41, 5.74) is 5.91. The maximum Gasteiger partial charge on any atom is 0.259 e. The molecule has 3 aromatic heterocycles. The molecule has 184 valence electrons. The van der Waals surface area contributed by atoms with Crippen LogP contribution in [0.25, 0.3) is 33.3 Å². The van der Waals surface area contributed by atoms with Gasteiger partial charge in [-0.2, -0.15) is 0 Å². The summed E-state index contributed by atoms with van der Waals surface area (Å²) in [6.07, 6.45) is 4.06. The molecule has 7 rings (SSSR count). The van der Waals surface area contributed by atoms with Crippen LogP contribution in [0.5, 0.6) is 0 Å². The average molecular weight is 490 g/mol. The molecule has 0 bridgehead atoms. The monoisotopic (exact) mass is 489 g/mol. The van der Waals surface area contributed by atoms with Crippen LogP contribution < -0.4 is 0 Å². The lowest BCUT2D eigenvalue weighted by molar-refractivity contribution is 0.0630. The van der Waals surface area contributed by atoms with E-state index in [1.165, 1.54) is 5.56 Å². The fraction of sp³-hybridized carbons (Fsp3) is 0.267. The van der Waals surface area contributed by atoms with Crippen molar-refractivity contribution in [1.29, 1.82) is 0 Å². The lowest BCUT2D eigenvalue weighted by Gasteiger charge is -2.35. The van der Waals surface area contributed by atoms with Crippen LogP contribution in [0.2, 0.25) is 0 Å². The van der Waals surface area contributed by atoms with Crippen LogP contribution in [-0.2, 0) is 6.54 Å². The Morgan fingerprint density at radius 3 is 2.57 bits per heavy atom. The molecule has 0 spiro atoms. The fourth-order valence-electron chi connectivity index (χ4n) is 5.34. The third-order valence-electron chi connectivity index (χ3n) is 7.51. The maximum atomic E-state index is 13.9. The Bertz CT molecular complexity index is 1600. The van der Waals surface area contributed by atoms with Gasteiger partial charge in [-0.25, -0.2) is 4.98 Å². The Kier molecular flexibility index (Phi) is 5.43. The first-order chi connectivity index (χ1) is 18.2. The van der Waals surface area contributed by atoms with Crippen molar-refractivity contribution in [3.63, 3.8) is 0 Å². The molecule has 1 saturated heterocycles. The molecule has 37 heavy (non-hydrogen) atoms. The number of fused-ring (bicyclic) bond motifs is 2. The Balaban J connectivity index is 1.15. The molecule has 1 saturated carbocycles. The molecule has 2 fully saturated rings. The van der Waals surface area contributed by atoms with Gasteiger partial charge in [0, 0.05) is 61.5 Å². The Morgan fingerprint density at radius 2 is 1.76 bits per heavy atom. The number of carbonyl (C=O) groups is 1. The van der Waals surface area contributed by atoms with E-state index in [1.807, 2.05) is 53.6 Å². The number of carbonyl (C=O) groups excluding carboxylic acids is 1. The van der Waals surface area contributed by atoms with E-state index in [0.717, 1.165) is 54.6 Å². The predicted molar refractivity (Wildman–Crippen MR) is 142 cm³/mol. The van der Waals surface area contributed by atoms with Crippen molar-refractivity contribution in [3.8, 4) is 11.3 Å². The summed E-state index contributed by atoms with van der Waals surface area (Å²) in [6, 6.07) is 22.3. The van der Waals surface area contributed by atoms with Crippen LogP contribution in [0.1, 0.15) is 40.4 Å². The molecule has 7 heteroatoms.